The summed E-state index contributed by atoms with van der Waals surface area (Å²) in [6.45, 7) is 2.32. The van der Waals surface area contributed by atoms with E-state index in [9.17, 15) is 0 Å². The molecule has 3 heteroatoms. The number of hydrogen-bond acceptors (Lipinski definition) is 2. The van der Waals surface area contributed by atoms with Gasteiger partial charge in [-0.15, -0.1) is 5.92 Å². The Morgan fingerprint density at radius 2 is 1.53 bits per heavy atom. The molecule has 3 fully saturated rings. The summed E-state index contributed by atoms with van der Waals surface area (Å²) in [4.78, 5) is 0. The molecule has 1 aliphatic heterocycles. The molecule has 0 aromatic carbocycles. The van der Waals surface area contributed by atoms with Gasteiger partial charge in [-0.05, 0) is 24.7 Å². The van der Waals surface area contributed by atoms with Gasteiger partial charge in [-0.1, -0.05) is 44.9 Å². The molecule has 0 spiro atoms. The van der Waals surface area contributed by atoms with Gasteiger partial charge in [0.05, 0.1) is 0 Å². The fourth-order valence-corrected chi connectivity index (χ4v) is 4.16. The number of nitrogens with one attached hydrogen (secondary N) is 2. The molecule has 2 nitrogen and oxygen atoms in total. The topological polar surface area (TPSA) is 24.1 Å². The second kappa shape index (κ2) is 6.98. The van der Waals surface area contributed by atoms with E-state index in [1.165, 1.54) is 57.8 Å². The summed E-state index contributed by atoms with van der Waals surface area (Å²) in [5.74, 6) is 2.72. The summed E-state index contributed by atoms with van der Waals surface area (Å²) >= 11 is 0. The zero-order valence-electron chi connectivity index (χ0n) is 10.8. The Kier molecular flexibility index (Phi) is 5.93. The Labute approximate surface area is 131 Å². The number of fused-ring (bicyclic) bond motifs is 1. The Morgan fingerprint density at radius 3 is 2.35 bits per heavy atom. The zero-order valence-corrected chi connectivity index (χ0v) is 13.7. The quantitative estimate of drug-likeness (QED) is 0.728. The van der Waals surface area contributed by atoms with Crippen molar-refractivity contribution in [3.8, 4) is 0 Å². The Hall–Kier alpha value is 1.02. The molecule has 1 heterocycles. The molecular formula is C14H25N2Y-. The van der Waals surface area contributed by atoms with Gasteiger partial charge in [0, 0.05) is 38.8 Å². The van der Waals surface area contributed by atoms with Crippen LogP contribution < -0.4 is 10.9 Å². The van der Waals surface area contributed by atoms with Crippen molar-refractivity contribution in [3.63, 3.8) is 0 Å². The van der Waals surface area contributed by atoms with E-state index in [1.807, 2.05) is 0 Å². The van der Waals surface area contributed by atoms with Gasteiger partial charge in [0.2, 0.25) is 0 Å². The van der Waals surface area contributed by atoms with E-state index in [0.29, 0.717) is 0 Å². The fraction of sp³-hybridized carbons (Fsp3) is 0.929. The van der Waals surface area contributed by atoms with Crippen LogP contribution in [0.5, 0.6) is 0 Å². The van der Waals surface area contributed by atoms with Gasteiger partial charge in [-0.2, -0.15) is 0 Å². The maximum atomic E-state index is 3.58. The summed E-state index contributed by atoms with van der Waals surface area (Å²) in [5, 5.41) is 0. The second-order valence-electron chi connectivity index (χ2n) is 5.99. The summed E-state index contributed by atoms with van der Waals surface area (Å²) in [6, 6.07) is 0.760. The van der Waals surface area contributed by atoms with Crippen LogP contribution in [-0.2, 0) is 32.7 Å². The second-order valence-corrected chi connectivity index (χ2v) is 5.99. The minimum absolute atomic E-state index is 0. The third-order valence-corrected chi connectivity index (χ3v) is 5.04. The fourth-order valence-electron chi connectivity index (χ4n) is 4.16. The van der Waals surface area contributed by atoms with Gasteiger partial charge >= 0.3 is 0 Å². The van der Waals surface area contributed by atoms with Crippen molar-refractivity contribution in [1.29, 1.82) is 0 Å². The molecular weight excluding hydrogens is 285 g/mol. The van der Waals surface area contributed by atoms with Crippen LogP contribution in [0.1, 0.15) is 57.8 Å². The smallest absolute Gasteiger partial charge is 0.0221 e. The van der Waals surface area contributed by atoms with Gasteiger partial charge in [-0.3, -0.25) is 5.43 Å². The van der Waals surface area contributed by atoms with Crippen LogP contribution in [0, 0.1) is 24.3 Å². The summed E-state index contributed by atoms with van der Waals surface area (Å²) in [7, 11) is 0. The van der Waals surface area contributed by atoms with Crippen LogP contribution >= 0.6 is 0 Å². The Bertz CT molecular complexity index is 226. The molecule has 0 aromatic rings. The van der Waals surface area contributed by atoms with Crippen LogP contribution in [-0.4, -0.2) is 6.04 Å². The number of hydrazine groups is 1. The molecule has 1 radical (unpaired) electrons. The molecule has 0 amide bonds. The first kappa shape index (κ1) is 14.4. The Morgan fingerprint density at radius 1 is 0.824 bits per heavy atom. The molecule has 3 aliphatic rings. The molecule has 2 saturated carbocycles. The third kappa shape index (κ3) is 3.32. The normalized spacial score (nSPS) is 39.2. The molecule has 3 atom stereocenters. The first-order valence-electron chi connectivity index (χ1n) is 7.29. The average Bonchev–Trinajstić information content (AvgIpc) is 2.39. The number of hydrogen-bond donors (Lipinski definition) is 2. The molecule has 1 saturated heterocycles. The van der Waals surface area contributed by atoms with E-state index in [2.05, 4.69) is 17.4 Å². The molecule has 2 aliphatic carbocycles. The first-order chi connectivity index (χ1) is 7.95. The summed E-state index contributed by atoms with van der Waals surface area (Å²) in [5.41, 5.74) is 6.94. The van der Waals surface area contributed by atoms with Crippen molar-refractivity contribution in [1.82, 2.24) is 10.9 Å². The molecule has 0 bridgehead atoms. The molecule has 0 aromatic heterocycles. The zero-order chi connectivity index (χ0) is 10.8. The Balaban J connectivity index is 0.00000108. The molecule has 2 N–H and O–H groups in total. The van der Waals surface area contributed by atoms with Crippen molar-refractivity contribution < 1.29 is 32.7 Å². The van der Waals surface area contributed by atoms with Gasteiger partial charge in [-0.25, -0.2) is 6.54 Å². The van der Waals surface area contributed by atoms with Crippen molar-refractivity contribution in [3.05, 3.63) is 6.54 Å². The molecule has 95 valence electrons. The maximum Gasteiger partial charge on any atom is 0.0221 e. The largest absolute Gasteiger partial charge is 0.407 e. The van der Waals surface area contributed by atoms with E-state index in [-0.39, 0.29) is 32.7 Å². The predicted octanol–water partition coefficient (Wildman–Crippen LogP) is 3.01. The standard InChI is InChI=1S/C14H25N2.Y/c1-2-6-11(7-3-1)14-13-9-5-4-8-12(13)10-15-16-14;/h10-16H,1-9H2;/q-1;. The van der Waals surface area contributed by atoms with E-state index in [4.69, 9.17) is 0 Å². The molecule has 3 rings (SSSR count). The van der Waals surface area contributed by atoms with Crippen molar-refractivity contribution in [2.45, 2.75) is 63.8 Å². The van der Waals surface area contributed by atoms with Gasteiger partial charge < -0.3 is 5.43 Å². The minimum Gasteiger partial charge on any atom is -0.407 e. The van der Waals surface area contributed by atoms with Crippen LogP contribution in [0.15, 0.2) is 0 Å². The van der Waals surface area contributed by atoms with Gasteiger partial charge in [0.15, 0.2) is 0 Å². The molecule has 17 heavy (non-hydrogen) atoms. The molecule has 3 unspecified atom stereocenters. The summed E-state index contributed by atoms with van der Waals surface area (Å²) < 4.78 is 0. The van der Waals surface area contributed by atoms with Crippen LogP contribution in [0.4, 0.5) is 0 Å². The SMILES string of the molecule is [CH-]1NNC(C2CCCCC2)C2CCCCC12.[Y]. The van der Waals surface area contributed by atoms with Crippen molar-refractivity contribution >= 4 is 0 Å². The monoisotopic (exact) mass is 310 g/mol. The van der Waals surface area contributed by atoms with E-state index < -0.39 is 0 Å². The third-order valence-electron chi connectivity index (χ3n) is 5.04. The van der Waals surface area contributed by atoms with E-state index in [0.717, 1.165) is 23.8 Å². The van der Waals surface area contributed by atoms with Crippen LogP contribution in [0.2, 0.25) is 0 Å². The first-order valence-corrected chi connectivity index (χ1v) is 7.29. The minimum atomic E-state index is 0. The van der Waals surface area contributed by atoms with E-state index >= 15 is 0 Å². The van der Waals surface area contributed by atoms with Gasteiger partial charge in [0.25, 0.3) is 0 Å². The van der Waals surface area contributed by atoms with Crippen LogP contribution in [0.3, 0.4) is 0 Å². The van der Waals surface area contributed by atoms with Gasteiger partial charge in [0.1, 0.15) is 0 Å². The van der Waals surface area contributed by atoms with Crippen LogP contribution in [0.25, 0.3) is 0 Å². The van der Waals surface area contributed by atoms with E-state index in [1.54, 1.807) is 0 Å². The predicted molar refractivity (Wildman–Crippen MR) is 66.4 cm³/mol. The number of rotatable bonds is 1. The van der Waals surface area contributed by atoms with Crippen molar-refractivity contribution in [2.24, 2.45) is 17.8 Å². The maximum absolute atomic E-state index is 3.58. The van der Waals surface area contributed by atoms with Crippen molar-refractivity contribution in [2.75, 3.05) is 0 Å². The average molecular weight is 310 g/mol. The summed E-state index contributed by atoms with van der Waals surface area (Å²) in [6.07, 6.45) is 13.1.